The van der Waals surface area contributed by atoms with Crippen molar-refractivity contribution in [3.8, 4) is 6.07 Å². The maximum Gasteiger partial charge on any atom is 0.240 e. The standard InChI is InChI=1S/C11H12ClN5O2S/c12-11-7-10(4-3-9(11)8-13)20(18,19)16-6-2-1-5-15-17-14/h3-4,7,16H,1-2,5-6H2. The van der Waals surface area contributed by atoms with Crippen LogP contribution < -0.4 is 4.72 Å². The average molecular weight is 314 g/mol. The van der Waals surface area contributed by atoms with E-state index in [1.807, 2.05) is 6.07 Å². The minimum atomic E-state index is -3.65. The van der Waals surface area contributed by atoms with Gasteiger partial charge in [-0.2, -0.15) is 5.26 Å². The first kappa shape index (κ1) is 16.3. The highest BCUT2D eigenvalue weighted by Gasteiger charge is 2.14. The molecule has 0 amide bonds. The quantitative estimate of drug-likeness (QED) is 0.360. The molecule has 0 fully saturated rings. The molecule has 1 aromatic carbocycles. The zero-order valence-electron chi connectivity index (χ0n) is 10.5. The van der Waals surface area contributed by atoms with Crippen molar-refractivity contribution < 1.29 is 8.42 Å². The number of benzene rings is 1. The van der Waals surface area contributed by atoms with E-state index in [1.165, 1.54) is 18.2 Å². The van der Waals surface area contributed by atoms with Gasteiger partial charge in [0.25, 0.3) is 0 Å². The monoisotopic (exact) mass is 313 g/mol. The Morgan fingerprint density at radius 2 is 2.20 bits per heavy atom. The van der Waals surface area contributed by atoms with Crippen LogP contribution in [-0.2, 0) is 10.0 Å². The van der Waals surface area contributed by atoms with Crippen LogP contribution in [0, 0.1) is 11.3 Å². The summed E-state index contributed by atoms with van der Waals surface area (Å²) in [7, 11) is -3.65. The zero-order valence-corrected chi connectivity index (χ0v) is 12.0. The van der Waals surface area contributed by atoms with Gasteiger partial charge in [-0.3, -0.25) is 0 Å². The first-order valence-corrected chi connectivity index (χ1v) is 7.57. The summed E-state index contributed by atoms with van der Waals surface area (Å²) in [6, 6.07) is 5.78. The first-order valence-electron chi connectivity index (χ1n) is 5.71. The van der Waals surface area contributed by atoms with Crippen molar-refractivity contribution in [1.82, 2.24) is 4.72 Å². The van der Waals surface area contributed by atoms with Gasteiger partial charge >= 0.3 is 0 Å². The van der Waals surface area contributed by atoms with E-state index in [-0.39, 0.29) is 22.0 Å². The van der Waals surface area contributed by atoms with Crippen molar-refractivity contribution in [2.45, 2.75) is 17.7 Å². The summed E-state index contributed by atoms with van der Waals surface area (Å²) in [5, 5.41) is 12.2. The fourth-order valence-corrected chi connectivity index (χ4v) is 2.78. The molecule has 0 radical (unpaired) electrons. The zero-order chi connectivity index (χ0) is 15.0. The molecule has 106 valence electrons. The van der Waals surface area contributed by atoms with Gasteiger partial charge in [-0.05, 0) is 36.6 Å². The van der Waals surface area contributed by atoms with Crippen LogP contribution in [0.15, 0.2) is 28.2 Å². The summed E-state index contributed by atoms with van der Waals surface area (Å²) in [6.07, 6.45) is 1.16. The highest BCUT2D eigenvalue weighted by Crippen LogP contribution is 2.19. The van der Waals surface area contributed by atoms with Crippen LogP contribution in [0.3, 0.4) is 0 Å². The number of nitrogens with one attached hydrogen (secondary N) is 1. The van der Waals surface area contributed by atoms with E-state index in [2.05, 4.69) is 14.7 Å². The Bertz CT molecular complexity index is 662. The van der Waals surface area contributed by atoms with Gasteiger partial charge in [0.1, 0.15) is 6.07 Å². The van der Waals surface area contributed by atoms with Crippen molar-refractivity contribution in [3.63, 3.8) is 0 Å². The Kier molecular flexibility index (Phi) is 6.28. The third-order valence-electron chi connectivity index (χ3n) is 2.41. The summed E-state index contributed by atoms with van der Waals surface area (Å²) >= 11 is 5.79. The molecule has 1 N–H and O–H groups in total. The summed E-state index contributed by atoms with van der Waals surface area (Å²) < 4.78 is 26.3. The van der Waals surface area contributed by atoms with Gasteiger partial charge in [-0.15, -0.1) is 0 Å². The van der Waals surface area contributed by atoms with E-state index in [1.54, 1.807) is 0 Å². The Morgan fingerprint density at radius 3 is 2.80 bits per heavy atom. The fraction of sp³-hybridized carbons (Fsp3) is 0.364. The highest BCUT2D eigenvalue weighted by atomic mass is 35.5. The van der Waals surface area contributed by atoms with E-state index in [0.717, 1.165) is 0 Å². The Labute approximate surface area is 121 Å². The van der Waals surface area contributed by atoms with Gasteiger partial charge < -0.3 is 0 Å². The molecule has 0 aromatic heterocycles. The summed E-state index contributed by atoms with van der Waals surface area (Å²) in [5.41, 5.74) is 8.30. The fourth-order valence-electron chi connectivity index (χ4n) is 1.40. The van der Waals surface area contributed by atoms with Gasteiger partial charge in [0.15, 0.2) is 0 Å². The number of halogens is 1. The van der Waals surface area contributed by atoms with E-state index < -0.39 is 10.0 Å². The largest absolute Gasteiger partial charge is 0.240 e. The van der Waals surface area contributed by atoms with Gasteiger partial charge in [0.05, 0.1) is 15.5 Å². The molecule has 0 aliphatic carbocycles. The van der Waals surface area contributed by atoms with Gasteiger partial charge in [0.2, 0.25) is 10.0 Å². The molecule has 9 heteroatoms. The number of unbranched alkanes of at least 4 members (excludes halogenated alkanes) is 1. The molecular weight excluding hydrogens is 302 g/mol. The number of hydrogen-bond acceptors (Lipinski definition) is 4. The minimum absolute atomic E-state index is 0.0107. The van der Waals surface area contributed by atoms with E-state index in [0.29, 0.717) is 19.4 Å². The Morgan fingerprint density at radius 1 is 1.45 bits per heavy atom. The molecule has 0 saturated carbocycles. The minimum Gasteiger partial charge on any atom is -0.211 e. The topological polar surface area (TPSA) is 119 Å². The van der Waals surface area contributed by atoms with E-state index in [4.69, 9.17) is 22.4 Å². The van der Waals surface area contributed by atoms with Crippen LogP contribution in [0.5, 0.6) is 0 Å². The van der Waals surface area contributed by atoms with Gasteiger partial charge in [0, 0.05) is 18.0 Å². The predicted molar refractivity (Wildman–Crippen MR) is 74.6 cm³/mol. The smallest absolute Gasteiger partial charge is 0.211 e. The number of sulfonamides is 1. The second kappa shape index (κ2) is 7.72. The maximum absolute atomic E-state index is 11.9. The number of azide groups is 1. The Hall–Kier alpha value is -1.78. The number of nitrogens with zero attached hydrogens (tertiary/aromatic N) is 4. The molecular formula is C11H12ClN5O2S. The van der Waals surface area contributed by atoms with Crippen LogP contribution in [0.1, 0.15) is 18.4 Å². The van der Waals surface area contributed by atoms with Crippen LogP contribution in [0.25, 0.3) is 10.4 Å². The molecule has 0 atom stereocenters. The van der Waals surface area contributed by atoms with E-state index in [9.17, 15) is 8.42 Å². The summed E-state index contributed by atoms with van der Waals surface area (Å²) in [4.78, 5) is 2.61. The second-order valence-electron chi connectivity index (χ2n) is 3.81. The van der Waals surface area contributed by atoms with Crippen LogP contribution in [-0.4, -0.2) is 21.5 Å². The lowest BCUT2D eigenvalue weighted by Crippen LogP contribution is -2.24. The molecule has 20 heavy (non-hydrogen) atoms. The lowest BCUT2D eigenvalue weighted by atomic mass is 10.2. The highest BCUT2D eigenvalue weighted by molar-refractivity contribution is 7.89. The molecule has 0 spiro atoms. The molecule has 0 aliphatic rings. The number of nitriles is 1. The Balaban J connectivity index is 2.63. The third-order valence-corrected chi connectivity index (χ3v) is 4.18. The third kappa shape index (κ3) is 4.72. The van der Waals surface area contributed by atoms with Crippen LogP contribution in [0.2, 0.25) is 5.02 Å². The lowest BCUT2D eigenvalue weighted by molar-refractivity contribution is 0.577. The first-order chi connectivity index (χ1) is 9.51. The average Bonchev–Trinajstić information content (AvgIpc) is 2.42. The predicted octanol–water partition coefficient (Wildman–Crippen LogP) is 2.58. The molecule has 0 bridgehead atoms. The second-order valence-corrected chi connectivity index (χ2v) is 5.99. The van der Waals surface area contributed by atoms with Crippen molar-refractivity contribution in [3.05, 3.63) is 39.2 Å². The van der Waals surface area contributed by atoms with E-state index >= 15 is 0 Å². The number of rotatable bonds is 7. The van der Waals surface area contributed by atoms with Crippen LogP contribution >= 0.6 is 11.6 Å². The van der Waals surface area contributed by atoms with Crippen LogP contribution in [0.4, 0.5) is 0 Å². The molecule has 0 aliphatic heterocycles. The van der Waals surface area contributed by atoms with Crippen molar-refractivity contribution >= 4 is 21.6 Å². The molecule has 0 heterocycles. The summed E-state index contributed by atoms with van der Waals surface area (Å²) in [6.45, 7) is 0.571. The molecule has 1 rings (SSSR count). The van der Waals surface area contributed by atoms with Crippen molar-refractivity contribution in [1.29, 1.82) is 5.26 Å². The maximum atomic E-state index is 11.9. The summed E-state index contributed by atoms with van der Waals surface area (Å²) in [5.74, 6) is 0. The van der Waals surface area contributed by atoms with Crippen molar-refractivity contribution in [2.75, 3.05) is 13.1 Å². The number of hydrogen-bond donors (Lipinski definition) is 1. The SMILES string of the molecule is N#Cc1ccc(S(=O)(=O)NCCCCN=[N+]=[N-])cc1Cl. The lowest BCUT2D eigenvalue weighted by Gasteiger charge is -2.07. The van der Waals surface area contributed by atoms with Gasteiger partial charge in [-0.25, -0.2) is 13.1 Å². The molecule has 0 saturated heterocycles. The molecule has 7 nitrogen and oxygen atoms in total. The molecule has 1 aromatic rings. The molecule has 0 unspecified atom stereocenters. The normalized spacial score (nSPS) is 10.6. The van der Waals surface area contributed by atoms with Crippen molar-refractivity contribution in [2.24, 2.45) is 5.11 Å². The van der Waals surface area contributed by atoms with Gasteiger partial charge in [-0.1, -0.05) is 16.7 Å².